The first-order chi connectivity index (χ1) is 9.28. The number of nitrogens with one attached hydrogen (secondary N) is 1. The van der Waals surface area contributed by atoms with Crippen molar-refractivity contribution in [3.05, 3.63) is 11.8 Å². The molecule has 0 aromatic carbocycles. The number of hydrogen-bond acceptors (Lipinski definition) is 5. The van der Waals surface area contributed by atoms with Crippen molar-refractivity contribution in [2.75, 3.05) is 20.3 Å². The SMILES string of the molecule is CN=C1NOCC/C1=C/N(C=O)C1CC[C@@H](CO)O1. The lowest BCUT2D eigenvalue weighted by atomic mass is 10.1. The first-order valence-corrected chi connectivity index (χ1v) is 6.33. The van der Waals surface area contributed by atoms with Crippen molar-refractivity contribution < 1.29 is 19.5 Å². The molecule has 0 bridgehead atoms. The Kier molecular flexibility index (Phi) is 4.89. The lowest BCUT2D eigenvalue weighted by molar-refractivity contribution is -0.127. The van der Waals surface area contributed by atoms with E-state index in [1.807, 2.05) is 0 Å². The lowest BCUT2D eigenvalue weighted by Gasteiger charge is -2.25. The number of amidine groups is 1. The van der Waals surface area contributed by atoms with E-state index in [2.05, 4.69) is 10.5 Å². The van der Waals surface area contributed by atoms with Crippen LogP contribution in [0.3, 0.4) is 0 Å². The van der Waals surface area contributed by atoms with Gasteiger partial charge in [-0.05, 0) is 12.8 Å². The highest BCUT2D eigenvalue weighted by Crippen LogP contribution is 2.23. The first kappa shape index (κ1) is 14.0. The van der Waals surface area contributed by atoms with Crippen molar-refractivity contribution in [3.8, 4) is 0 Å². The summed E-state index contributed by atoms with van der Waals surface area (Å²) >= 11 is 0. The highest BCUT2D eigenvalue weighted by atomic mass is 16.6. The van der Waals surface area contributed by atoms with E-state index < -0.39 is 0 Å². The van der Waals surface area contributed by atoms with Gasteiger partial charge >= 0.3 is 0 Å². The molecule has 0 saturated carbocycles. The highest BCUT2D eigenvalue weighted by molar-refractivity contribution is 5.98. The van der Waals surface area contributed by atoms with Crippen LogP contribution in [0.4, 0.5) is 0 Å². The second kappa shape index (κ2) is 6.65. The molecule has 0 radical (unpaired) electrons. The predicted molar refractivity (Wildman–Crippen MR) is 68.0 cm³/mol. The van der Waals surface area contributed by atoms with Crippen LogP contribution in [0.25, 0.3) is 0 Å². The Morgan fingerprint density at radius 3 is 3.05 bits per heavy atom. The number of hydrogen-bond donors (Lipinski definition) is 2. The van der Waals surface area contributed by atoms with Crippen LogP contribution in [0.5, 0.6) is 0 Å². The van der Waals surface area contributed by atoms with Crippen LogP contribution in [-0.4, -0.2) is 54.8 Å². The topological polar surface area (TPSA) is 83.4 Å². The number of nitrogens with zero attached hydrogens (tertiary/aromatic N) is 2. The van der Waals surface area contributed by atoms with Crippen molar-refractivity contribution in [1.82, 2.24) is 10.4 Å². The molecule has 2 saturated heterocycles. The molecular formula is C12H19N3O4. The minimum atomic E-state index is -0.317. The normalized spacial score (nSPS) is 31.5. The Morgan fingerprint density at radius 2 is 2.42 bits per heavy atom. The van der Waals surface area contributed by atoms with Gasteiger partial charge in [-0.3, -0.25) is 19.5 Å². The summed E-state index contributed by atoms with van der Waals surface area (Å²) in [6, 6.07) is 0. The summed E-state index contributed by atoms with van der Waals surface area (Å²) < 4.78 is 5.58. The molecule has 2 N–H and O–H groups in total. The third kappa shape index (κ3) is 3.31. The predicted octanol–water partition coefficient (Wildman–Crippen LogP) is -0.221. The summed E-state index contributed by atoms with van der Waals surface area (Å²) in [4.78, 5) is 21.8. The van der Waals surface area contributed by atoms with E-state index in [1.165, 1.54) is 4.90 Å². The fourth-order valence-electron chi connectivity index (χ4n) is 2.18. The quantitative estimate of drug-likeness (QED) is 0.689. The summed E-state index contributed by atoms with van der Waals surface area (Å²) in [5, 5.41) is 9.05. The molecule has 2 aliphatic heterocycles. The van der Waals surface area contributed by atoms with Gasteiger partial charge in [-0.2, -0.15) is 0 Å². The maximum atomic E-state index is 11.2. The average molecular weight is 269 g/mol. The minimum absolute atomic E-state index is 0.0170. The maximum absolute atomic E-state index is 11.2. The van der Waals surface area contributed by atoms with E-state index in [1.54, 1.807) is 13.2 Å². The molecule has 106 valence electrons. The maximum Gasteiger partial charge on any atom is 0.215 e. The lowest BCUT2D eigenvalue weighted by Crippen LogP contribution is -2.35. The number of aliphatic hydroxyl groups excluding tert-OH is 1. The molecule has 2 atom stereocenters. The number of carbonyl (C=O) groups is 1. The molecule has 2 fully saturated rings. The number of aliphatic hydroxyl groups is 1. The van der Waals surface area contributed by atoms with Crippen LogP contribution < -0.4 is 5.48 Å². The Bertz CT molecular complexity index is 383. The van der Waals surface area contributed by atoms with E-state index in [0.29, 0.717) is 18.9 Å². The number of hydroxylamine groups is 1. The standard InChI is InChI=1S/C12H19N3O4/c1-13-12-9(4-5-18-14-12)6-15(8-17)11-3-2-10(7-16)19-11/h6,8,10-11,16H,2-5,7H2,1H3,(H,13,14)/b9-6-/t10-,11?/m0/s1. The summed E-state index contributed by atoms with van der Waals surface area (Å²) in [6.45, 7) is 0.513. The molecule has 1 unspecified atom stereocenters. The summed E-state index contributed by atoms with van der Waals surface area (Å²) in [7, 11) is 1.66. The number of aliphatic imine (C=N–C) groups is 1. The molecule has 2 heterocycles. The third-order valence-electron chi connectivity index (χ3n) is 3.22. The van der Waals surface area contributed by atoms with E-state index in [0.717, 1.165) is 24.8 Å². The Balaban J connectivity index is 2.07. The second-order valence-corrected chi connectivity index (χ2v) is 4.45. The van der Waals surface area contributed by atoms with Gasteiger partial charge in [0.25, 0.3) is 0 Å². The van der Waals surface area contributed by atoms with Gasteiger partial charge in [-0.25, -0.2) is 5.48 Å². The van der Waals surface area contributed by atoms with Crippen molar-refractivity contribution in [2.45, 2.75) is 31.6 Å². The fraction of sp³-hybridized carbons (Fsp3) is 0.667. The Morgan fingerprint density at radius 1 is 1.58 bits per heavy atom. The van der Waals surface area contributed by atoms with Crippen molar-refractivity contribution >= 4 is 12.2 Å². The Labute approximate surface area is 111 Å². The van der Waals surface area contributed by atoms with Gasteiger partial charge in [0.15, 0.2) is 0 Å². The summed E-state index contributed by atoms with van der Waals surface area (Å²) in [5.74, 6) is 0.620. The molecule has 19 heavy (non-hydrogen) atoms. The summed E-state index contributed by atoms with van der Waals surface area (Å²) in [5.41, 5.74) is 3.62. The van der Waals surface area contributed by atoms with E-state index in [4.69, 9.17) is 14.7 Å². The van der Waals surface area contributed by atoms with E-state index in [-0.39, 0.29) is 18.9 Å². The zero-order valence-electron chi connectivity index (χ0n) is 10.9. The second-order valence-electron chi connectivity index (χ2n) is 4.45. The van der Waals surface area contributed by atoms with Crippen LogP contribution in [0.2, 0.25) is 0 Å². The highest BCUT2D eigenvalue weighted by Gasteiger charge is 2.29. The Hall–Kier alpha value is -1.44. The van der Waals surface area contributed by atoms with Gasteiger partial charge < -0.3 is 9.84 Å². The van der Waals surface area contributed by atoms with Gasteiger partial charge in [0, 0.05) is 25.2 Å². The zero-order valence-corrected chi connectivity index (χ0v) is 10.9. The van der Waals surface area contributed by atoms with Crippen LogP contribution in [0.1, 0.15) is 19.3 Å². The molecule has 0 aromatic heterocycles. The van der Waals surface area contributed by atoms with Gasteiger partial charge in [-0.1, -0.05) is 0 Å². The molecule has 1 amide bonds. The molecule has 0 spiro atoms. The molecular weight excluding hydrogens is 250 g/mol. The molecule has 7 heteroatoms. The molecule has 0 aromatic rings. The molecule has 2 aliphatic rings. The number of carbonyl (C=O) groups excluding carboxylic acids is 1. The van der Waals surface area contributed by atoms with Crippen molar-refractivity contribution in [2.24, 2.45) is 4.99 Å². The van der Waals surface area contributed by atoms with Gasteiger partial charge in [-0.15, -0.1) is 0 Å². The average Bonchev–Trinajstić information content (AvgIpc) is 2.93. The van der Waals surface area contributed by atoms with Crippen LogP contribution in [-0.2, 0) is 14.4 Å². The summed E-state index contributed by atoms with van der Waals surface area (Å²) in [6.07, 6.45) is 4.12. The smallest absolute Gasteiger partial charge is 0.215 e. The monoisotopic (exact) mass is 269 g/mol. The largest absolute Gasteiger partial charge is 0.394 e. The molecule has 2 rings (SSSR count). The number of rotatable bonds is 4. The molecule has 0 aliphatic carbocycles. The fourth-order valence-corrected chi connectivity index (χ4v) is 2.18. The third-order valence-corrected chi connectivity index (χ3v) is 3.22. The van der Waals surface area contributed by atoms with Gasteiger partial charge in [0.1, 0.15) is 12.1 Å². The first-order valence-electron chi connectivity index (χ1n) is 6.33. The molecule has 7 nitrogen and oxygen atoms in total. The van der Waals surface area contributed by atoms with Crippen LogP contribution >= 0.6 is 0 Å². The van der Waals surface area contributed by atoms with E-state index in [9.17, 15) is 4.79 Å². The van der Waals surface area contributed by atoms with Gasteiger partial charge in [0.05, 0.1) is 19.3 Å². The van der Waals surface area contributed by atoms with Crippen molar-refractivity contribution in [3.63, 3.8) is 0 Å². The number of amides is 1. The van der Waals surface area contributed by atoms with Crippen LogP contribution in [0, 0.1) is 0 Å². The van der Waals surface area contributed by atoms with Gasteiger partial charge in [0.2, 0.25) is 6.41 Å². The van der Waals surface area contributed by atoms with Crippen LogP contribution in [0.15, 0.2) is 16.8 Å². The zero-order chi connectivity index (χ0) is 13.7. The van der Waals surface area contributed by atoms with E-state index >= 15 is 0 Å². The van der Waals surface area contributed by atoms with Crippen molar-refractivity contribution in [1.29, 1.82) is 0 Å². The minimum Gasteiger partial charge on any atom is -0.394 e. The number of ether oxygens (including phenoxy) is 1.